The van der Waals surface area contributed by atoms with E-state index in [9.17, 15) is 10.1 Å². The summed E-state index contributed by atoms with van der Waals surface area (Å²) < 4.78 is 0. The molecular weight excluding hydrogens is 346 g/mol. The van der Waals surface area contributed by atoms with Crippen LogP contribution in [0.15, 0.2) is 43.0 Å². The second-order valence-electron chi connectivity index (χ2n) is 4.99. The summed E-state index contributed by atoms with van der Waals surface area (Å²) in [6.07, 6.45) is 4.31. The highest BCUT2D eigenvalue weighted by atomic mass is 35.5. The second kappa shape index (κ2) is 7.05. The largest absolute Gasteiger partial charge is 0.353 e. The van der Waals surface area contributed by atoms with Crippen LogP contribution in [0.2, 0.25) is 5.15 Å². The smallest absolute Gasteiger partial charge is 0.332 e. The van der Waals surface area contributed by atoms with Crippen LogP contribution in [0, 0.1) is 17.0 Å². The Balaban J connectivity index is 2.00. The molecular formula is C15H12ClN7O2. The van der Waals surface area contributed by atoms with E-state index in [4.69, 9.17) is 11.6 Å². The molecule has 3 rings (SSSR count). The van der Waals surface area contributed by atoms with Crippen molar-refractivity contribution in [3.8, 4) is 0 Å². The Bertz CT molecular complexity index is 935. The average Bonchev–Trinajstić information content (AvgIpc) is 2.57. The van der Waals surface area contributed by atoms with Crippen molar-refractivity contribution in [3.05, 3.63) is 63.8 Å². The van der Waals surface area contributed by atoms with E-state index in [1.807, 2.05) is 13.0 Å². The maximum absolute atomic E-state index is 11.6. The van der Waals surface area contributed by atoms with Crippen LogP contribution in [-0.4, -0.2) is 24.9 Å². The van der Waals surface area contributed by atoms with Crippen molar-refractivity contribution in [1.29, 1.82) is 0 Å². The van der Waals surface area contributed by atoms with Crippen LogP contribution < -0.4 is 10.6 Å². The van der Waals surface area contributed by atoms with E-state index in [1.54, 1.807) is 24.4 Å². The van der Waals surface area contributed by atoms with Gasteiger partial charge in [0, 0.05) is 12.4 Å². The molecule has 0 spiro atoms. The lowest BCUT2D eigenvalue weighted by atomic mass is 10.3. The highest BCUT2D eigenvalue weighted by Gasteiger charge is 2.24. The number of hydrogen-bond acceptors (Lipinski definition) is 8. The quantitative estimate of drug-likeness (QED) is 0.403. The third-order valence-electron chi connectivity index (χ3n) is 3.18. The topological polar surface area (TPSA) is 119 Å². The number of rotatable bonds is 5. The minimum Gasteiger partial charge on any atom is -0.332 e. The fourth-order valence-corrected chi connectivity index (χ4v) is 2.23. The Morgan fingerprint density at radius 2 is 1.84 bits per heavy atom. The first-order valence-electron chi connectivity index (χ1n) is 7.11. The maximum Gasteiger partial charge on any atom is 0.353 e. The lowest BCUT2D eigenvalue weighted by Crippen LogP contribution is -2.06. The number of nitro groups is 1. The van der Waals surface area contributed by atoms with Gasteiger partial charge in [-0.3, -0.25) is 10.1 Å². The first-order valence-corrected chi connectivity index (χ1v) is 7.49. The zero-order valence-corrected chi connectivity index (χ0v) is 13.7. The molecule has 3 aromatic heterocycles. The third kappa shape index (κ3) is 3.78. The van der Waals surface area contributed by atoms with Crippen LogP contribution in [0.25, 0.3) is 0 Å². The van der Waals surface area contributed by atoms with Gasteiger partial charge in [0.05, 0.1) is 10.6 Å². The van der Waals surface area contributed by atoms with Gasteiger partial charge in [-0.1, -0.05) is 11.6 Å². The van der Waals surface area contributed by atoms with Crippen molar-refractivity contribution in [3.63, 3.8) is 0 Å². The minimum atomic E-state index is -0.579. The summed E-state index contributed by atoms with van der Waals surface area (Å²) in [7, 11) is 0. The molecule has 0 atom stereocenters. The van der Waals surface area contributed by atoms with E-state index in [2.05, 4.69) is 30.6 Å². The molecule has 0 aliphatic carbocycles. The molecule has 0 aromatic carbocycles. The summed E-state index contributed by atoms with van der Waals surface area (Å²) in [6.45, 7) is 1.89. The number of aryl methyl sites for hydroxylation is 1. The monoisotopic (exact) mass is 357 g/mol. The van der Waals surface area contributed by atoms with Crippen molar-refractivity contribution in [2.75, 3.05) is 10.6 Å². The Morgan fingerprint density at radius 1 is 1.08 bits per heavy atom. The maximum atomic E-state index is 11.6. The first-order chi connectivity index (χ1) is 12.0. The Hall–Kier alpha value is -3.33. The van der Waals surface area contributed by atoms with Crippen LogP contribution in [-0.2, 0) is 0 Å². The molecule has 2 N–H and O–H groups in total. The fraction of sp³-hybridized carbons (Fsp3) is 0.0667. The summed E-state index contributed by atoms with van der Waals surface area (Å²) in [5.41, 5.74) is 1.02. The number of nitrogens with one attached hydrogen (secondary N) is 2. The SMILES string of the molecule is Cc1ccnc(Nc2ncnc(Nc3cccnc3Cl)c2[N+](=O)[O-])c1. The number of hydrogen-bond donors (Lipinski definition) is 2. The zero-order valence-electron chi connectivity index (χ0n) is 13.0. The summed E-state index contributed by atoms with van der Waals surface area (Å²) in [6, 6.07) is 6.85. The molecule has 10 heteroatoms. The van der Waals surface area contributed by atoms with Crippen LogP contribution in [0.1, 0.15) is 5.56 Å². The van der Waals surface area contributed by atoms with Crippen molar-refractivity contribution in [1.82, 2.24) is 19.9 Å². The number of pyridine rings is 2. The molecule has 0 aliphatic heterocycles. The highest BCUT2D eigenvalue weighted by molar-refractivity contribution is 6.32. The van der Waals surface area contributed by atoms with E-state index in [0.717, 1.165) is 5.56 Å². The predicted molar refractivity (Wildman–Crippen MR) is 93.5 cm³/mol. The standard InChI is InChI=1S/C15H12ClN7O2/c1-9-4-6-17-11(7-9)22-15-12(23(24)25)14(19-8-20-15)21-10-3-2-5-18-13(10)16/h2-8H,1H3,(H2,17,19,20,21,22). The second-order valence-corrected chi connectivity index (χ2v) is 5.34. The summed E-state index contributed by atoms with van der Waals surface area (Å²) in [5.74, 6) is 0.442. The molecule has 0 amide bonds. The predicted octanol–water partition coefficient (Wildman–Crippen LogP) is 3.62. The lowest BCUT2D eigenvalue weighted by molar-refractivity contribution is -0.383. The van der Waals surface area contributed by atoms with Gasteiger partial charge in [0.25, 0.3) is 0 Å². The van der Waals surface area contributed by atoms with Crippen LogP contribution >= 0.6 is 11.6 Å². The Labute approximate surface area is 147 Å². The molecule has 0 saturated carbocycles. The van der Waals surface area contributed by atoms with E-state index < -0.39 is 4.92 Å². The third-order valence-corrected chi connectivity index (χ3v) is 3.48. The molecule has 0 saturated heterocycles. The summed E-state index contributed by atoms with van der Waals surface area (Å²) in [4.78, 5) is 26.9. The van der Waals surface area contributed by atoms with E-state index >= 15 is 0 Å². The van der Waals surface area contributed by atoms with Crippen molar-refractivity contribution < 1.29 is 4.92 Å². The van der Waals surface area contributed by atoms with Crippen LogP contribution in [0.5, 0.6) is 0 Å². The van der Waals surface area contributed by atoms with Gasteiger partial charge in [0.15, 0.2) is 5.15 Å². The normalized spacial score (nSPS) is 10.3. The molecule has 25 heavy (non-hydrogen) atoms. The zero-order chi connectivity index (χ0) is 17.8. The van der Waals surface area contributed by atoms with Gasteiger partial charge in [0.2, 0.25) is 11.6 Å². The molecule has 0 aliphatic rings. The molecule has 0 bridgehead atoms. The minimum absolute atomic E-state index is 0.00921. The molecule has 126 valence electrons. The lowest BCUT2D eigenvalue weighted by Gasteiger charge is -2.10. The molecule has 0 radical (unpaired) electrons. The van der Waals surface area contributed by atoms with Gasteiger partial charge >= 0.3 is 5.69 Å². The van der Waals surface area contributed by atoms with E-state index in [0.29, 0.717) is 11.5 Å². The summed E-state index contributed by atoms with van der Waals surface area (Å²) in [5, 5.41) is 17.4. The Kier molecular flexibility index (Phi) is 4.66. The number of anilines is 4. The van der Waals surface area contributed by atoms with E-state index in [1.165, 1.54) is 12.5 Å². The number of halogens is 1. The highest BCUT2D eigenvalue weighted by Crippen LogP contribution is 2.33. The van der Waals surface area contributed by atoms with Gasteiger partial charge in [-0.25, -0.2) is 19.9 Å². The summed E-state index contributed by atoms with van der Waals surface area (Å²) >= 11 is 5.98. The fourth-order valence-electron chi connectivity index (χ4n) is 2.07. The van der Waals surface area contributed by atoms with Gasteiger partial charge in [-0.15, -0.1) is 0 Å². The van der Waals surface area contributed by atoms with Crippen LogP contribution in [0.4, 0.5) is 28.8 Å². The first kappa shape index (κ1) is 16.5. The molecule has 9 nitrogen and oxygen atoms in total. The van der Waals surface area contributed by atoms with Gasteiger partial charge < -0.3 is 10.6 Å². The van der Waals surface area contributed by atoms with Crippen LogP contribution in [0.3, 0.4) is 0 Å². The van der Waals surface area contributed by atoms with Gasteiger partial charge in [-0.2, -0.15) is 0 Å². The van der Waals surface area contributed by atoms with E-state index in [-0.39, 0.29) is 22.5 Å². The van der Waals surface area contributed by atoms with Crippen molar-refractivity contribution in [2.24, 2.45) is 0 Å². The number of aromatic nitrogens is 4. The van der Waals surface area contributed by atoms with Gasteiger partial charge in [0.1, 0.15) is 12.1 Å². The average molecular weight is 358 g/mol. The van der Waals surface area contributed by atoms with Crippen molar-refractivity contribution in [2.45, 2.75) is 6.92 Å². The Morgan fingerprint density at radius 3 is 2.52 bits per heavy atom. The van der Waals surface area contributed by atoms with Gasteiger partial charge in [-0.05, 0) is 36.8 Å². The molecule has 0 fully saturated rings. The molecule has 3 aromatic rings. The molecule has 0 unspecified atom stereocenters. The number of nitrogens with zero attached hydrogens (tertiary/aromatic N) is 5. The molecule has 3 heterocycles. The van der Waals surface area contributed by atoms with Crippen molar-refractivity contribution >= 4 is 40.4 Å².